The number of aliphatic hydroxyl groups is 2. The third kappa shape index (κ3) is 2.19. The Labute approximate surface area is 150 Å². The minimum atomic E-state index is -1.35. The van der Waals surface area contributed by atoms with Crippen molar-refractivity contribution in [3.05, 3.63) is 0 Å². The topological polar surface area (TPSA) is 74.6 Å². The molecule has 0 aromatic carbocycles. The van der Waals surface area contributed by atoms with Gasteiger partial charge in [0.2, 0.25) is 0 Å². The lowest BCUT2D eigenvalue weighted by molar-refractivity contribution is -0.172. The molecule has 0 aliphatic heterocycles. The van der Waals surface area contributed by atoms with Crippen molar-refractivity contribution in [1.29, 1.82) is 0 Å². The number of carbonyl (C=O) groups excluding carboxylic acids is 2. The SMILES string of the molecule is CC12CCC(=O)C[C@H]1CCC1C2CCC2(C)C1CC[C@]2(O)C(=O)CO. The summed E-state index contributed by atoms with van der Waals surface area (Å²) in [4.78, 5) is 24.3. The van der Waals surface area contributed by atoms with Crippen molar-refractivity contribution in [3.8, 4) is 0 Å². The van der Waals surface area contributed by atoms with Gasteiger partial charge in [-0.15, -0.1) is 0 Å². The lowest BCUT2D eigenvalue weighted by atomic mass is 9.44. The number of aliphatic hydroxyl groups excluding tert-OH is 1. The summed E-state index contributed by atoms with van der Waals surface area (Å²) in [5.74, 6) is 2.10. The van der Waals surface area contributed by atoms with E-state index in [0.29, 0.717) is 35.9 Å². The maximum Gasteiger partial charge on any atom is 0.190 e. The van der Waals surface area contributed by atoms with Gasteiger partial charge in [0.1, 0.15) is 18.0 Å². The number of rotatable bonds is 2. The van der Waals surface area contributed by atoms with Gasteiger partial charge in [-0.3, -0.25) is 9.59 Å². The Bertz CT molecular complexity index is 601. The fourth-order valence-electron chi connectivity index (χ4n) is 7.65. The first-order valence-corrected chi connectivity index (χ1v) is 10.1. The average molecular weight is 348 g/mol. The monoisotopic (exact) mass is 348 g/mol. The Morgan fingerprint density at radius 1 is 1.08 bits per heavy atom. The highest BCUT2D eigenvalue weighted by atomic mass is 16.3. The molecule has 2 N–H and O–H groups in total. The summed E-state index contributed by atoms with van der Waals surface area (Å²) >= 11 is 0. The molecular weight excluding hydrogens is 316 g/mol. The van der Waals surface area contributed by atoms with Crippen LogP contribution in [-0.2, 0) is 9.59 Å². The first-order chi connectivity index (χ1) is 11.8. The molecule has 0 saturated heterocycles. The highest BCUT2D eigenvalue weighted by Gasteiger charge is 2.66. The molecule has 4 nitrogen and oxygen atoms in total. The molecule has 0 bridgehead atoms. The van der Waals surface area contributed by atoms with Crippen LogP contribution in [0.2, 0.25) is 0 Å². The average Bonchev–Trinajstić information content (AvgIpc) is 2.87. The number of fused-ring (bicyclic) bond motifs is 5. The molecule has 140 valence electrons. The highest BCUT2D eigenvalue weighted by molar-refractivity contribution is 5.89. The standard InChI is InChI=1S/C21H32O4/c1-19-8-5-14(23)11-13(19)3-4-15-16(19)6-9-20(2)17(15)7-10-21(20,25)18(24)12-22/h13,15-17,22,25H,3-12H2,1-2H3/t13-,15?,16?,17?,19?,20?,21+/m1/s1. The molecule has 0 aromatic rings. The van der Waals surface area contributed by atoms with Crippen LogP contribution in [0.5, 0.6) is 0 Å². The van der Waals surface area contributed by atoms with Crippen molar-refractivity contribution in [1.82, 2.24) is 0 Å². The molecule has 4 heteroatoms. The van der Waals surface area contributed by atoms with Gasteiger partial charge in [0, 0.05) is 18.3 Å². The van der Waals surface area contributed by atoms with Gasteiger partial charge in [0.25, 0.3) is 0 Å². The van der Waals surface area contributed by atoms with Crippen molar-refractivity contribution < 1.29 is 19.8 Å². The fraction of sp³-hybridized carbons (Fsp3) is 0.905. The van der Waals surface area contributed by atoms with Crippen LogP contribution >= 0.6 is 0 Å². The molecular formula is C21H32O4. The first-order valence-electron chi connectivity index (χ1n) is 10.1. The van der Waals surface area contributed by atoms with Crippen molar-refractivity contribution in [3.63, 3.8) is 0 Å². The molecule has 0 radical (unpaired) electrons. The largest absolute Gasteiger partial charge is 0.388 e. The van der Waals surface area contributed by atoms with Gasteiger partial charge in [0.05, 0.1) is 0 Å². The fourth-order valence-corrected chi connectivity index (χ4v) is 7.65. The summed E-state index contributed by atoms with van der Waals surface area (Å²) in [6.45, 7) is 3.94. The van der Waals surface area contributed by atoms with Gasteiger partial charge >= 0.3 is 0 Å². The van der Waals surface area contributed by atoms with E-state index in [1.807, 2.05) is 0 Å². The molecule has 4 aliphatic rings. The van der Waals surface area contributed by atoms with Crippen LogP contribution in [-0.4, -0.2) is 34.0 Å². The van der Waals surface area contributed by atoms with E-state index >= 15 is 0 Å². The van der Waals surface area contributed by atoms with Crippen LogP contribution in [0.4, 0.5) is 0 Å². The molecule has 4 fully saturated rings. The van der Waals surface area contributed by atoms with Crippen molar-refractivity contribution in [2.45, 2.75) is 77.2 Å². The number of hydrogen-bond acceptors (Lipinski definition) is 4. The molecule has 25 heavy (non-hydrogen) atoms. The smallest absolute Gasteiger partial charge is 0.190 e. The predicted molar refractivity (Wildman–Crippen MR) is 93.8 cm³/mol. The molecule has 4 aliphatic carbocycles. The second-order valence-electron chi connectivity index (χ2n) is 9.84. The molecule has 4 rings (SSSR count). The summed E-state index contributed by atoms with van der Waals surface area (Å²) in [6, 6.07) is 0. The highest BCUT2D eigenvalue weighted by Crippen LogP contribution is 2.68. The van der Waals surface area contributed by atoms with E-state index in [0.717, 1.165) is 51.4 Å². The van der Waals surface area contributed by atoms with Gasteiger partial charge in [0.15, 0.2) is 5.78 Å². The Morgan fingerprint density at radius 2 is 1.80 bits per heavy atom. The van der Waals surface area contributed by atoms with Gasteiger partial charge in [-0.25, -0.2) is 0 Å². The first kappa shape index (κ1) is 17.7. The Kier molecular flexibility index (Phi) is 3.98. The lowest BCUT2D eigenvalue weighted by Crippen LogP contribution is -2.59. The summed E-state index contributed by atoms with van der Waals surface area (Å²) < 4.78 is 0. The van der Waals surface area contributed by atoms with Gasteiger partial charge in [-0.1, -0.05) is 13.8 Å². The molecule has 4 saturated carbocycles. The normalized spacial score (nSPS) is 52.2. The third-order valence-corrected chi connectivity index (χ3v) is 9.24. The van der Waals surface area contributed by atoms with Crippen LogP contribution in [0, 0.1) is 34.5 Å². The summed E-state index contributed by atoms with van der Waals surface area (Å²) in [5.41, 5.74) is -1.50. The molecule has 0 heterocycles. The lowest BCUT2D eigenvalue weighted by Gasteiger charge is -2.60. The Morgan fingerprint density at radius 3 is 2.52 bits per heavy atom. The third-order valence-electron chi connectivity index (χ3n) is 9.24. The number of hydrogen-bond donors (Lipinski definition) is 2. The number of carbonyl (C=O) groups is 2. The Hall–Kier alpha value is -0.740. The van der Waals surface area contributed by atoms with Crippen molar-refractivity contribution in [2.24, 2.45) is 34.5 Å². The molecule has 7 atom stereocenters. The van der Waals surface area contributed by atoms with E-state index in [1.165, 1.54) is 0 Å². The van der Waals surface area contributed by atoms with E-state index < -0.39 is 17.6 Å². The van der Waals surface area contributed by atoms with Crippen LogP contribution in [0.15, 0.2) is 0 Å². The van der Waals surface area contributed by atoms with Crippen LogP contribution < -0.4 is 0 Å². The maximum atomic E-state index is 12.3. The van der Waals surface area contributed by atoms with Gasteiger partial charge in [-0.2, -0.15) is 0 Å². The van der Waals surface area contributed by atoms with Crippen molar-refractivity contribution >= 4 is 11.6 Å². The minimum absolute atomic E-state index is 0.250. The minimum Gasteiger partial charge on any atom is -0.388 e. The van der Waals surface area contributed by atoms with E-state index in [-0.39, 0.29) is 11.2 Å². The number of ketones is 2. The second kappa shape index (κ2) is 5.63. The van der Waals surface area contributed by atoms with Crippen LogP contribution in [0.1, 0.15) is 71.6 Å². The molecule has 0 spiro atoms. The maximum absolute atomic E-state index is 12.3. The predicted octanol–water partition coefficient (Wildman–Crippen LogP) is 2.89. The summed E-state index contributed by atoms with van der Waals surface area (Å²) in [7, 11) is 0. The van der Waals surface area contributed by atoms with Crippen LogP contribution in [0.25, 0.3) is 0 Å². The van der Waals surface area contributed by atoms with Gasteiger partial charge in [-0.05, 0) is 74.0 Å². The van der Waals surface area contributed by atoms with E-state index in [2.05, 4.69) is 13.8 Å². The second-order valence-corrected chi connectivity index (χ2v) is 9.84. The van der Waals surface area contributed by atoms with E-state index in [4.69, 9.17) is 0 Å². The Balaban J connectivity index is 1.64. The molecule has 5 unspecified atom stereocenters. The van der Waals surface area contributed by atoms with Crippen LogP contribution in [0.3, 0.4) is 0 Å². The zero-order valence-electron chi connectivity index (χ0n) is 15.6. The van der Waals surface area contributed by atoms with E-state index in [9.17, 15) is 19.8 Å². The van der Waals surface area contributed by atoms with Crippen molar-refractivity contribution in [2.75, 3.05) is 6.61 Å². The number of Topliss-reactive ketones (excluding diaryl/α,β-unsaturated/α-hetero) is 2. The summed E-state index contributed by atoms with van der Waals surface area (Å²) in [5, 5.41) is 20.6. The zero-order chi connectivity index (χ0) is 18.0. The zero-order valence-corrected chi connectivity index (χ0v) is 15.6. The van der Waals surface area contributed by atoms with E-state index in [1.54, 1.807) is 0 Å². The molecule has 0 amide bonds. The summed E-state index contributed by atoms with van der Waals surface area (Å²) in [6.07, 6.45) is 8.02. The molecule has 0 aromatic heterocycles. The quantitative estimate of drug-likeness (QED) is 0.805. The van der Waals surface area contributed by atoms with Gasteiger partial charge < -0.3 is 10.2 Å².